The van der Waals surface area contributed by atoms with E-state index in [1.54, 1.807) is 30.3 Å². The van der Waals surface area contributed by atoms with Gasteiger partial charge < -0.3 is 30.0 Å². The number of aliphatic hydroxyl groups excluding tert-OH is 4. The molecule has 0 bridgehead atoms. The van der Waals surface area contributed by atoms with Crippen LogP contribution in [0.4, 0.5) is 0 Å². The van der Waals surface area contributed by atoms with Crippen molar-refractivity contribution in [3.8, 4) is 0 Å². The smallest absolute Gasteiger partial charge is 0.310 e. The normalized spacial score (nSPS) is 16.6. The summed E-state index contributed by atoms with van der Waals surface area (Å²) < 4.78 is 4.76. The quantitative estimate of drug-likeness (QED) is 0.337. The van der Waals surface area contributed by atoms with E-state index in [2.05, 4.69) is 0 Å². The number of carbonyl (C=O) groups excluding carboxylic acids is 2. The summed E-state index contributed by atoms with van der Waals surface area (Å²) in [5, 5.41) is 37.4. The van der Waals surface area contributed by atoms with Gasteiger partial charge in [0.05, 0.1) is 6.42 Å². The van der Waals surface area contributed by atoms with Crippen LogP contribution in [-0.4, -0.2) is 63.7 Å². The third-order valence-electron chi connectivity index (χ3n) is 2.84. The molecule has 0 amide bonds. The predicted molar refractivity (Wildman–Crippen MR) is 71.2 cm³/mol. The zero-order valence-corrected chi connectivity index (χ0v) is 11.2. The molecule has 21 heavy (non-hydrogen) atoms. The van der Waals surface area contributed by atoms with E-state index in [0.717, 1.165) is 5.56 Å². The Morgan fingerprint density at radius 1 is 1.10 bits per heavy atom. The molecule has 0 aromatic heterocycles. The maximum atomic E-state index is 11.5. The summed E-state index contributed by atoms with van der Waals surface area (Å²) in [7, 11) is 0. The summed E-state index contributed by atoms with van der Waals surface area (Å²) in [6.07, 6.45) is -7.07. The Bertz CT molecular complexity index is 448. The van der Waals surface area contributed by atoms with Crippen molar-refractivity contribution >= 4 is 12.3 Å². The number of carbonyl (C=O) groups is 2. The molecule has 1 aromatic rings. The molecule has 0 radical (unpaired) electrons. The summed E-state index contributed by atoms with van der Waals surface area (Å²) in [5.74, 6) is -0.613. The van der Waals surface area contributed by atoms with Crippen LogP contribution in [0.5, 0.6) is 0 Å². The molecular formula is C14H18O7. The Labute approximate surface area is 121 Å². The van der Waals surface area contributed by atoms with Crippen LogP contribution < -0.4 is 0 Å². The Balaban J connectivity index is 2.40. The molecule has 0 spiro atoms. The first-order valence-electron chi connectivity index (χ1n) is 6.32. The van der Waals surface area contributed by atoms with Gasteiger partial charge in [0.1, 0.15) is 31.0 Å². The van der Waals surface area contributed by atoms with Crippen molar-refractivity contribution in [2.45, 2.75) is 30.8 Å². The number of benzene rings is 1. The van der Waals surface area contributed by atoms with E-state index >= 15 is 0 Å². The lowest BCUT2D eigenvalue weighted by molar-refractivity contribution is -0.155. The van der Waals surface area contributed by atoms with Gasteiger partial charge in [-0.05, 0) is 5.56 Å². The lowest BCUT2D eigenvalue weighted by Gasteiger charge is -2.23. The van der Waals surface area contributed by atoms with E-state index in [4.69, 9.17) is 9.84 Å². The van der Waals surface area contributed by atoms with Crippen LogP contribution in [0.2, 0.25) is 0 Å². The second kappa shape index (κ2) is 8.48. The Morgan fingerprint density at radius 3 is 2.29 bits per heavy atom. The van der Waals surface area contributed by atoms with Crippen molar-refractivity contribution in [3.05, 3.63) is 35.9 Å². The van der Waals surface area contributed by atoms with Crippen molar-refractivity contribution < 1.29 is 34.8 Å². The fraction of sp³-hybridized carbons (Fsp3) is 0.429. The maximum Gasteiger partial charge on any atom is 0.310 e. The molecule has 116 valence electrons. The van der Waals surface area contributed by atoms with E-state index in [1.165, 1.54) is 0 Å². The van der Waals surface area contributed by atoms with Crippen LogP contribution in [-0.2, 0) is 20.7 Å². The van der Waals surface area contributed by atoms with Gasteiger partial charge in [0.25, 0.3) is 0 Å². The molecule has 0 unspecified atom stereocenters. The van der Waals surface area contributed by atoms with Crippen molar-refractivity contribution in [2.24, 2.45) is 0 Å². The van der Waals surface area contributed by atoms with Gasteiger partial charge in [-0.25, -0.2) is 0 Å². The van der Waals surface area contributed by atoms with Crippen molar-refractivity contribution in [1.29, 1.82) is 0 Å². The van der Waals surface area contributed by atoms with E-state index in [0.29, 0.717) is 0 Å². The monoisotopic (exact) mass is 298 g/mol. The molecule has 0 aliphatic carbocycles. The number of aldehydes is 1. The van der Waals surface area contributed by atoms with Gasteiger partial charge >= 0.3 is 5.97 Å². The topological polar surface area (TPSA) is 124 Å². The third-order valence-corrected chi connectivity index (χ3v) is 2.84. The molecule has 4 atom stereocenters. The van der Waals surface area contributed by atoms with E-state index in [-0.39, 0.29) is 12.7 Å². The molecule has 1 aromatic carbocycles. The molecule has 1 rings (SSSR count). The van der Waals surface area contributed by atoms with Crippen LogP contribution in [0, 0.1) is 0 Å². The SMILES string of the molecule is O=C[C@H](O)[C@@H](O)[C@H](O)[C@H](O)COC(=O)Cc1ccccc1. The zero-order valence-electron chi connectivity index (χ0n) is 11.2. The largest absolute Gasteiger partial charge is 0.463 e. The number of hydrogen-bond donors (Lipinski definition) is 4. The summed E-state index contributed by atoms with van der Waals surface area (Å²) in [6.45, 7) is -0.560. The van der Waals surface area contributed by atoms with Crippen LogP contribution in [0.15, 0.2) is 30.3 Å². The number of esters is 1. The van der Waals surface area contributed by atoms with Gasteiger partial charge in [-0.15, -0.1) is 0 Å². The first-order chi connectivity index (χ1) is 9.95. The van der Waals surface area contributed by atoms with Gasteiger partial charge in [-0.2, -0.15) is 0 Å². The predicted octanol–water partition coefficient (Wildman–Crippen LogP) is -1.59. The summed E-state index contributed by atoms with van der Waals surface area (Å²) in [6, 6.07) is 8.79. The van der Waals surface area contributed by atoms with E-state index < -0.39 is 37.0 Å². The summed E-state index contributed by atoms with van der Waals surface area (Å²) in [4.78, 5) is 21.8. The molecule has 7 nitrogen and oxygen atoms in total. The first-order valence-corrected chi connectivity index (χ1v) is 6.32. The molecule has 0 heterocycles. The van der Waals surface area contributed by atoms with Gasteiger partial charge in [0.2, 0.25) is 0 Å². The molecule has 0 fully saturated rings. The number of ether oxygens (including phenoxy) is 1. The highest BCUT2D eigenvalue weighted by Crippen LogP contribution is 2.06. The Hall–Kier alpha value is -1.80. The van der Waals surface area contributed by atoms with Crippen molar-refractivity contribution in [3.63, 3.8) is 0 Å². The fourth-order valence-corrected chi connectivity index (χ4v) is 1.60. The van der Waals surface area contributed by atoms with Crippen LogP contribution >= 0.6 is 0 Å². The van der Waals surface area contributed by atoms with Crippen molar-refractivity contribution in [2.75, 3.05) is 6.61 Å². The van der Waals surface area contributed by atoms with Gasteiger partial charge in [-0.3, -0.25) is 4.79 Å². The Morgan fingerprint density at radius 2 is 1.71 bits per heavy atom. The lowest BCUT2D eigenvalue weighted by Crippen LogP contribution is -2.46. The highest BCUT2D eigenvalue weighted by molar-refractivity contribution is 5.72. The van der Waals surface area contributed by atoms with Crippen LogP contribution in [0.25, 0.3) is 0 Å². The zero-order chi connectivity index (χ0) is 15.8. The van der Waals surface area contributed by atoms with Gasteiger partial charge in [0.15, 0.2) is 6.29 Å². The average Bonchev–Trinajstić information content (AvgIpc) is 2.51. The second-order valence-corrected chi connectivity index (χ2v) is 4.52. The molecule has 0 saturated heterocycles. The van der Waals surface area contributed by atoms with Crippen LogP contribution in [0.1, 0.15) is 5.56 Å². The third kappa shape index (κ3) is 5.60. The molecule has 0 saturated carbocycles. The van der Waals surface area contributed by atoms with E-state index in [9.17, 15) is 24.9 Å². The van der Waals surface area contributed by atoms with Gasteiger partial charge in [0, 0.05) is 0 Å². The lowest BCUT2D eigenvalue weighted by atomic mass is 10.0. The standard InChI is InChI=1S/C14H18O7/c15-7-10(16)13(19)14(20)11(17)8-21-12(18)6-9-4-2-1-3-5-9/h1-5,7,10-11,13-14,16-17,19-20H,6,8H2/t10-,11+,13+,14+/m0/s1. The van der Waals surface area contributed by atoms with Crippen molar-refractivity contribution in [1.82, 2.24) is 0 Å². The second-order valence-electron chi connectivity index (χ2n) is 4.52. The highest BCUT2D eigenvalue weighted by atomic mass is 16.5. The fourth-order valence-electron chi connectivity index (χ4n) is 1.60. The van der Waals surface area contributed by atoms with Gasteiger partial charge in [-0.1, -0.05) is 30.3 Å². The maximum absolute atomic E-state index is 11.5. The number of rotatable bonds is 8. The molecule has 4 N–H and O–H groups in total. The van der Waals surface area contributed by atoms with E-state index in [1.807, 2.05) is 0 Å². The average molecular weight is 298 g/mol. The minimum atomic E-state index is -1.86. The molecule has 0 aliphatic heterocycles. The minimum absolute atomic E-state index is 0.00315. The molecule has 0 aliphatic rings. The number of aliphatic hydroxyl groups is 4. The minimum Gasteiger partial charge on any atom is -0.463 e. The number of hydrogen-bond acceptors (Lipinski definition) is 7. The first kappa shape index (κ1) is 17.3. The molecular weight excluding hydrogens is 280 g/mol. The summed E-state index contributed by atoms with van der Waals surface area (Å²) in [5.41, 5.74) is 0.731. The van der Waals surface area contributed by atoms with Crippen LogP contribution in [0.3, 0.4) is 0 Å². The molecule has 7 heteroatoms. The summed E-state index contributed by atoms with van der Waals surface area (Å²) >= 11 is 0. The Kier molecular flexibility index (Phi) is 6.97. The highest BCUT2D eigenvalue weighted by Gasteiger charge is 2.30.